The van der Waals surface area contributed by atoms with E-state index < -0.39 is 12.0 Å². The first-order chi connectivity index (χ1) is 5.13. The molecule has 0 rings (SSSR count). The fraction of sp³-hybridized carbons (Fsp3) is 0.667. The molecule has 5 heteroatoms. The van der Waals surface area contributed by atoms with Crippen LogP contribution in [0, 0.1) is 11.5 Å². The zero-order valence-corrected chi connectivity index (χ0v) is 8.11. The molecule has 0 bridgehead atoms. The Morgan fingerprint density at radius 2 is 2.36 bits per heavy atom. The van der Waals surface area contributed by atoms with E-state index in [0.717, 1.165) is 0 Å². The van der Waals surface area contributed by atoms with Crippen LogP contribution in [0.4, 0.5) is 0 Å². The van der Waals surface area contributed by atoms with Gasteiger partial charge in [0.25, 0.3) is 0 Å². The van der Waals surface area contributed by atoms with E-state index in [2.05, 4.69) is 22.2 Å². The van der Waals surface area contributed by atoms with Crippen molar-refractivity contribution in [1.29, 1.82) is 0 Å². The monoisotopic (exact) mass is 191 g/mol. The Kier molecular flexibility index (Phi) is 5.43. The van der Waals surface area contributed by atoms with Crippen molar-refractivity contribution in [3.05, 3.63) is 0 Å². The number of carbonyl (C=O) groups is 1. The SMILES string of the molecule is COC(=O)C(N)C(C)C#P=S. The van der Waals surface area contributed by atoms with Crippen LogP contribution in [-0.2, 0) is 21.3 Å². The Morgan fingerprint density at radius 3 is 2.73 bits per heavy atom. The van der Waals surface area contributed by atoms with Gasteiger partial charge in [-0.3, -0.25) is 0 Å². The maximum absolute atomic E-state index is 10.8. The molecule has 0 heterocycles. The number of ether oxygens (including phenoxy) is 1. The summed E-state index contributed by atoms with van der Waals surface area (Å²) in [6, 6.07) is -0.643. The van der Waals surface area contributed by atoms with Gasteiger partial charge in [0.2, 0.25) is 0 Å². The molecule has 2 N–H and O–H groups in total. The van der Waals surface area contributed by atoms with Gasteiger partial charge in [-0.25, -0.2) is 0 Å². The van der Waals surface area contributed by atoms with Crippen molar-refractivity contribution in [1.82, 2.24) is 0 Å². The predicted octanol–water partition coefficient (Wildman–Crippen LogP) is 0.490. The number of carbonyl (C=O) groups excluding carboxylic acids is 1. The number of nitrogens with two attached hydrogens (primary N) is 1. The van der Waals surface area contributed by atoms with Crippen LogP contribution < -0.4 is 5.73 Å². The third kappa shape index (κ3) is 3.68. The van der Waals surface area contributed by atoms with Crippen molar-refractivity contribution >= 4 is 24.6 Å². The summed E-state index contributed by atoms with van der Waals surface area (Å²) in [5.74, 6) is -0.578. The van der Waals surface area contributed by atoms with Crippen molar-refractivity contribution in [3.63, 3.8) is 0 Å². The summed E-state index contributed by atoms with van der Waals surface area (Å²) in [6.07, 6.45) is 0. The first-order valence-corrected chi connectivity index (χ1v) is 4.95. The topological polar surface area (TPSA) is 52.3 Å². The summed E-state index contributed by atoms with van der Waals surface area (Å²) >= 11 is 4.62. The van der Waals surface area contributed by atoms with Crippen LogP contribution in [0.3, 0.4) is 0 Å². The van der Waals surface area contributed by atoms with E-state index in [1.165, 1.54) is 7.11 Å². The Balaban J connectivity index is 4.19. The molecule has 0 saturated carbocycles. The molecule has 0 radical (unpaired) electrons. The van der Waals surface area contributed by atoms with Gasteiger partial charge in [-0.15, -0.1) is 0 Å². The molecule has 62 valence electrons. The molecule has 0 aliphatic carbocycles. The second-order valence-electron chi connectivity index (χ2n) is 2.06. The number of esters is 1. The quantitative estimate of drug-likeness (QED) is 0.510. The number of hydrogen-bond donors (Lipinski definition) is 1. The van der Waals surface area contributed by atoms with Crippen LogP contribution in [0.2, 0.25) is 0 Å². The summed E-state index contributed by atoms with van der Waals surface area (Å²) in [6.45, 7) is 2.37. The van der Waals surface area contributed by atoms with E-state index in [1.807, 2.05) is 0 Å². The van der Waals surface area contributed by atoms with Crippen molar-refractivity contribution in [2.75, 3.05) is 7.11 Å². The number of hydrogen-bond acceptors (Lipinski definition) is 4. The molecule has 2 unspecified atom stereocenters. The standard InChI is InChI=1S/C6H10NO2PS/c1-4(3-10-11)5(7)6(8)9-2/h4-5H,7H2,1-2H3. The van der Waals surface area contributed by atoms with E-state index in [9.17, 15) is 4.79 Å². The van der Waals surface area contributed by atoms with Gasteiger partial charge in [-0.2, -0.15) is 0 Å². The van der Waals surface area contributed by atoms with Crippen LogP contribution in [0.1, 0.15) is 6.92 Å². The molecule has 3 nitrogen and oxygen atoms in total. The molecule has 0 saturated heterocycles. The van der Waals surface area contributed by atoms with Gasteiger partial charge in [0, 0.05) is 0 Å². The average molecular weight is 191 g/mol. The van der Waals surface area contributed by atoms with E-state index in [0.29, 0.717) is 6.81 Å². The Hall–Kier alpha value is -0.140. The number of methoxy groups -OCH3 is 1. The summed E-state index contributed by atoms with van der Waals surface area (Å²) in [5.41, 5.74) is 8.29. The molecule has 0 aromatic heterocycles. The van der Waals surface area contributed by atoms with Crippen molar-refractivity contribution in [2.45, 2.75) is 13.0 Å². The van der Waals surface area contributed by atoms with Crippen molar-refractivity contribution < 1.29 is 9.53 Å². The van der Waals surface area contributed by atoms with Crippen LogP contribution in [-0.4, -0.2) is 19.1 Å². The van der Waals surface area contributed by atoms with Crippen LogP contribution >= 0.6 is 6.81 Å². The van der Waals surface area contributed by atoms with Gasteiger partial charge in [0.05, 0.1) is 0 Å². The van der Waals surface area contributed by atoms with Crippen LogP contribution in [0.15, 0.2) is 0 Å². The molecule has 11 heavy (non-hydrogen) atoms. The molecule has 0 fully saturated rings. The van der Waals surface area contributed by atoms with E-state index in [-0.39, 0.29) is 5.92 Å². The molecule has 0 aliphatic rings. The second-order valence-corrected chi connectivity index (χ2v) is 3.05. The van der Waals surface area contributed by atoms with Gasteiger partial charge < -0.3 is 0 Å². The Morgan fingerprint density at radius 1 is 1.82 bits per heavy atom. The Bertz CT molecular complexity index is 236. The third-order valence-electron chi connectivity index (χ3n) is 1.27. The molecule has 0 aromatic carbocycles. The predicted molar refractivity (Wildman–Crippen MR) is 47.3 cm³/mol. The van der Waals surface area contributed by atoms with E-state index in [1.54, 1.807) is 6.92 Å². The normalized spacial score (nSPS) is 14.5. The first kappa shape index (κ1) is 10.9. The van der Waals surface area contributed by atoms with Crippen LogP contribution in [0.25, 0.3) is 0 Å². The van der Waals surface area contributed by atoms with Crippen molar-refractivity contribution in [3.8, 4) is 5.63 Å². The summed E-state index contributed by atoms with van der Waals surface area (Å²) in [7, 11) is 1.31. The van der Waals surface area contributed by atoms with Gasteiger partial charge >= 0.3 is 71.5 Å². The van der Waals surface area contributed by atoms with E-state index in [4.69, 9.17) is 5.73 Å². The van der Waals surface area contributed by atoms with Gasteiger partial charge in [-0.05, 0) is 0 Å². The summed E-state index contributed by atoms with van der Waals surface area (Å²) < 4.78 is 4.44. The average Bonchev–Trinajstić information content (AvgIpc) is 2.02. The molecular weight excluding hydrogens is 181 g/mol. The molecule has 0 spiro atoms. The summed E-state index contributed by atoms with van der Waals surface area (Å²) in [4.78, 5) is 10.8. The second kappa shape index (κ2) is 5.50. The fourth-order valence-electron chi connectivity index (χ4n) is 0.504. The molecular formula is C6H10NO2PS. The third-order valence-corrected chi connectivity index (χ3v) is 2.10. The van der Waals surface area contributed by atoms with Gasteiger partial charge in [0.15, 0.2) is 0 Å². The van der Waals surface area contributed by atoms with E-state index >= 15 is 0 Å². The molecule has 0 aromatic rings. The minimum atomic E-state index is -0.643. The Labute approximate surface area is 72.0 Å². The fourth-order valence-corrected chi connectivity index (χ4v) is 1.33. The molecule has 0 amide bonds. The van der Waals surface area contributed by atoms with Crippen LogP contribution in [0.5, 0.6) is 0 Å². The molecule has 0 aliphatic heterocycles. The van der Waals surface area contributed by atoms with Gasteiger partial charge in [-0.1, -0.05) is 0 Å². The summed E-state index contributed by atoms with van der Waals surface area (Å²) in [5, 5.41) is 0. The maximum atomic E-state index is 10.8. The zero-order chi connectivity index (χ0) is 8.85. The molecule has 2 atom stereocenters. The zero-order valence-electron chi connectivity index (χ0n) is 6.40. The number of rotatable bonds is 2. The first-order valence-electron chi connectivity index (χ1n) is 3.04. The van der Waals surface area contributed by atoms with Crippen molar-refractivity contribution in [2.24, 2.45) is 11.7 Å². The minimum absolute atomic E-state index is 0.151. The van der Waals surface area contributed by atoms with Gasteiger partial charge in [0.1, 0.15) is 0 Å².